The summed E-state index contributed by atoms with van der Waals surface area (Å²) < 4.78 is 11.6. The molecule has 4 nitrogen and oxygen atoms in total. The molecule has 0 bridgehead atoms. The van der Waals surface area contributed by atoms with E-state index in [2.05, 4.69) is 38.1 Å². The van der Waals surface area contributed by atoms with Gasteiger partial charge in [-0.05, 0) is 71.5 Å². The number of benzene rings is 3. The number of aromatic hydroxyl groups is 1. The van der Waals surface area contributed by atoms with Crippen molar-refractivity contribution >= 4 is 0 Å². The SMILES string of the molecule is CCC.Cc1cc(O)cc(C)c1-c1cccc(COc2ccc3c(c2)OCC3)c1.O. The molecule has 4 rings (SSSR count). The van der Waals surface area contributed by atoms with Gasteiger partial charge in [-0.15, -0.1) is 0 Å². The lowest BCUT2D eigenvalue weighted by atomic mass is 9.94. The Balaban J connectivity index is 0.000000757. The molecule has 1 aliphatic rings. The summed E-state index contributed by atoms with van der Waals surface area (Å²) in [7, 11) is 0. The summed E-state index contributed by atoms with van der Waals surface area (Å²) in [6, 6.07) is 18.0. The Morgan fingerprint density at radius 1 is 0.967 bits per heavy atom. The molecule has 1 heterocycles. The van der Waals surface area contributed by atoms with Crippen LogP contribution in [0.25, 0.3) is 11.1 Å². The molecule has 0 unspecified atom stereocenters. The van der Waals surface area contributed by atoms with Gasteiger partial charge in [0.1, 0.15) is 23.9 Å². The highest BCUT2D eigenvalue weighted by Crippen LogP contribution is 2.32. The first-order valence-corrected chi connectivity index (χ1v) is 10.3. The van der Waals surface area contributed by atoms with E-state index >= 15 is 0 Å². The third kappa shape index (κ3) is 5.55. The van der Waals surface area contributed by atoms with E-state index < -0.39 is 0 Å². The molecule has 160 valence electrons. The normalized spacial score (nSPS) is 11.5. The quantitative estimate of drug-likeness (QED) is 0.595. The predicted octanol–water partition coefficient (Wildman–Crippen LogP) is 5.78. The number of hydrogen-bond donors (Lipinski definition) is 1. The van der Waals surface area contributed by atoms with Crippen LogP contribution in [0.1, 0.15) is 42.5 Å². The molecule has 4 heteroatoms. The number of phenolic OH excluding ortho intramolecular Hbond substituents is 1. The van der Waals surface area contributed by atoms with Crippen LogP contribution < -0.4 is 9.47 Å². The maximum absolute atomic E-state index is 9.77. The summed E-state index contributed by atoms with van der Waals surface area (Å²) in [5.41, 5.74) is 6.79. The van der Waals surface area contributed by atoms with Gasteiger partial charge in [-0.25, -0.2) is 0 Å². The van der Waals surface area contributed by atoms with Gasteiger partial charge in [0.2, 0.25) is 0 Å². The van der Waals surface area contributed by atoms with Gasteiger partial charge in [0.15, 0.2) is 0 Å². The van der Waals surface area contributed by atoms with Gasteiger partial charge in [0, 0.05) is 12.5 Å². The fraction of sp³-hybridized carbons (Fsp3) is 0.308. The van der Waals surface area contributed by atoms with E-state index in [0.717, 1.165) is 52.3 Å². The standard InChI is InChI=1S/C23H22O3.C3H8.H2O/c1-15-10-20(24)11-16(2)23(15)19-5-3-4-17(12-19)14-26-21-7-6-18-8-9-25-22(18)13-21;1-3-2;/h3-7,10-13,24H,8-9,14H2,1-2H3;3H2,1-2H3;1H2. The molecular weight excluding hydrogens is 376 g/mol. The smallest absolute Gasteiger partial charge is 0.126 e. The Hall–Kier alpha value is -2.98. The van der Waals surface area contributed by atoms with Crippen LogP contribution in [0.3, 0.4) is 0 Å². The van der Waals surface area contributed by atoms with Crippen LogP contribution in [0.5, 0.6) is 17.2 Å². The zero-order valence-electron chi connectivity index (χ0n) is 18.3. The lowest BCUT2D eigenvalue weighted by Gasteiger charge is -2.13. The maximum atomic E-state index is 9.77. The fourth-order valence-electron chi connectivity index (χ4n) is 3.62. The van der Waals surface area contributed by atoms with Crippen LogP contribution in [0.15, 0.2) is 54.6 Å². The molecule has 30 heavy (non-hydrogen) atoms. The molecule has 3 aromatic carbocycles. The summed E-state index contributed by atoms with van der Waals surface area (Å²) in [5, 5.41) is 9.77. The Morgan fingerprint density at radius 2 is 1.67 bits per heavy atom. The zero-order chi connectivity index (χ0) is 20.8. The van der Waals surface area contributed by atoms with Crippen LogP contribution >= 0.6 is 0 Å². The van der Waals surface area contributed by atoms with Crippen molar-refractivity contribution in [2.75, 3.05) is 6.61 Å². The molecule has 0 atom stereocenters. The number of phenols is 1. The Bertz CT molecular complexity index is 956. The van der Waals surface area contributed by atoms with Gasteiger partial charge < -0.3 is 20.1 Å². The third-order valence-electron chi connectivity index (χ3n) is 4.81. The molecule has 3 N–H and O–H groups in total. The average molecular weight is 409 g/mol. The van der Waals surface area contributed by atoms with Gasteiger partial charge in [-0.1, -0.05) is 44.5 Å². The zero-order valence-corrected chi connectivity index (χ0v) is 18.3. The first-order valence-electron chi connectivity index (χ1n) is 10.3. The molecular formula is C26H32O4. The minimum absolute atomic E-state index is 0. The van der Waals surface area contributed by atoms with Crippen molar-refractivity contribution < 1.29 is 20.1 Å². The second-order valence-corrected chi connectivity index (χ2v) is 7.52. The van der Waals surface area contributed by atoms with Crippen molar-refractivity contribution in [1.82, 2.24) is 0 Å². The molecule has 0 radical (unpaired) electrons. The summed E-state index contributed by atoms with van der Waals surface area (Å²) in [6.45, 7) is 9.56. The minimum atomic E-state index is 0. The first-order chi connectivity index (χ1) is 14.0. The Morgan fingerprint density at radius 3 is 2.37 bits per heavy atom. The largest absolute Gasteiger partial charge is 0.508 e. The molecule has 1 aliphatic heterocycles. The second kappa shape index (κ2) is 10.7. The van der Waals surface area contributed by atoms with Crippen molar-refractivity contribution in [1.29, 1.82) is 0 Å². The lowest BCUT2D eigenvalue weighted by molar-refractivity contribution is 0.302. The van der Waals surface area contributed by atoms with E-state index in [1.807, 2.05) is 32.0 Å². The van der Waals surface area contributed by atoms with E-state index in [-0.39, 0.29) is 5.48 Å². The third-order valence-corrected chi connectivity index (χ3v) is 4.81. The predicted molar refractivity (Wildman–Crippen MR) is 123 cm³/mol. The number of aryl methyl sites for hydroxylation is 2. The number of rotatable bonds is 4. The van der Waals surface area contributed by atoms with Crippen LogP contribution in [0.2, 0.25) is 0 Å². The van der Waals surface area contributed by atoms with E-state index in [4.69, 9.17) is 9.47 Å². The Labute approximate surface area is 179 Å². The summed E-state index contributed by atoms with van der Waals surface area (Å²) in [6.07, 6.45) is 2.23. The molecule has 3 aromatic rings. The summed E-state index contributed by atoms with van der Waals surface area (Å²) in [5.74, 6) is 2.07. The highest BCUT2D eigenvalue weighted by atomic mass is 16.5. The van der Waals surface area contributed by atoms with E-state index in [0.29, 0.717) is 12.4 Å². The summed E-state index contributed by atoms with van der Waals surface area (Å²) >= 11 is 0. The molecule has 0 spiro atoms. The van der Waals surface area contributed by atoms with Gasteiger partial charge in [0.25, 0.3) is 0 Å². The van der Waals surface area contributed by atoms with Crippen molar-refractivity contribution in [2.24, 2.45) is 0 Å². The van der Waals surface area contributed by atoms with Gasteiger partial charge in [-0.3, -0.25) is 0 Å². The van der Waals surface area contributed by atoms with E-state index in [1.165, 1.54) is 12.0 Å². The molecule has 0 saturated heterocycles. The topological polar surface area (TPSA) is 70.2 Å². The van der Waals surface area contributed by atoms with Crippen molar-refractivity contribution in [3.05, 3.63) is 76.9 Å². The highest BCUT2D eigenvalue weighted by Gasteiger charge is 2.13. The monoisotopic (exact) mass is 408 g/mol. The Kier molecular flexibility index (Phi) is 8.31. The van der Waals surface area contributed by atoms with Crippen molar-refractivity contribution in [3.63, 3.8) is 0 Å². The average Bonchev–Trinajstić information content (AvgIpc) is 3.14. The van der Waals surface area contributed by atoms with Crippen LogP contribution in [0.4, 0.5) is 0 Å². The van der Waals surface area contributed by atoms with E-state index in [9.17, 15) is 5.11 Å². The van der Waals surface area contributed by atoms with Gasteiger partial charge in [-0.2, -0.15) is 0 Å². The minimum Gasteiger partial charge on any atom is -0.508 e. The lowest BCUT2D eigenvalue weighted by Crippen LogP contribution is -1.97. The molecule has 0 saturated carbocycles. The van der Waals surface area contributed by atoms with Gasteiger partial charge in [0.05, 0.1) is 6.61 Å². The first kappa shape index (κ1) is 23.3. The van der Waals surface area contributed by atoms with Crippen molar-refractivity contribution in [3.8, 4) is 28.4 Å². The second-order valence-electron chi connectivity index (χ2n) is 7.52. The van der Waals surface area contributed by atoms with Crippen LogP contribution in [-0.4, -0.2) is 17.2 Å². The van der Waals surface area contributed by atoms with E-state index in [1.54, 1.807) is 12.1 Å². The van der Waals surface area contributed by atoms with Crippen molar-refractivity contribution in [2.45, 2.75) is 47.1 Å². The maximum Gasteiger partial charge on any atom is 0.126 e. The summed E-state index contributed by atoms with van der Waals surface area (Å²) in [4.78, 5) is 0. The van der Waals surface area contributed by atoms with Gasteiger partial charge >= 0.3 is 0 Å². The molecule has 0 amide bonds. The number of ether oxygens (including phenoxy) is 2. The van der Waals surface area contributed by atoms with Crippen LogP contribution in [0, 0.1) is 13.8 Å². The molecule has 0 aromatic heterocycles. The number of hydrogen-bond acceptors (Lipinski definition) is 3. The highest BCUT2D eigenvalue weighted by molar-refractivity contribution is 5.72. The van der Waals surface area contributed by atoms with Crippen LogP contribution in [-0.2, 0) is 13.0 Å². The molecule has 0 aliphatic carbocycles. The fourth-order valence-corrected chi connectivity index (χ4v) is 3.62. The number of fused-ring (bicyclic) bond motifs is 1. The molecule has 0 fully saturated rings.